The van der Waals surface area contributed by atoms with Crippen molar-refractivity contribution in [3.8, 4) is 11.5 Å². The Bertz CT molecular complexity index is 1560. The molecule has 212 valence electrons. The van der Waals surface area contributed by atoms with E-state index in [9.17, 15) is 0 Å². The Hall–Kier alpha value is -4.36. The summed E-state index contributed by atoms with van der Waals surface area (Å²) in [7, 11) is 0. The van der Waals surface area contributed by atoms with Gasteiger partial charge in [-0.1, -0.05) is 51.3 Å². The highest BCUT2D eigenvalue weighted by Gasteiger charge is 2.19. The average Bonchev–Trinajstić information content (AvgIpc) is 3.62. The lowest BCUT2D eigenvalue weighted by Crippen LogP contribution is -2.27. The number of rotatable bonds is 9. The molecule has 0 saturated carbocycles. The van der Waals surface area contributed by atoms with E-state index < -0.39 is 0 Å². The molecule has 1 saturated heterocycles. The van der Waals surface area contributed by atoms with E-state index in [1.165, 1.54) is 18.4 Å². The molecule has 7 heteroatoms. The number of imidazole rings is 1. The molecule has 0 aliphatic carbocycles. The molecule has 0 spiro atoms. The van der Waals surface area contributed by atoms with Gasteiger partial charge >= 0.3 is 0 Å². The maximum Gasteiger partial charge on any atom is 0.161 e. The van der Waals surface area contributed by atoms with Crippen LogP contribution >= 0.6 is 0 Å². The summed E-state index contributed by atoms with van der Waals surface area (Å²) in [6.45, 7) is 18.2. The van der Waals surface area contributed by atoms with Crippen LogP contribution in [0.3, 0.4) is 0 Å². The summed E-state index contributed by atoms with van der Waals surface area (Å²) in [5, 5.41) is 11.2. The van der Waals surface area contributed by atoms with E-state index in [4.69, 9.17) is 9.97 Å². The van der Waals surface area contributed by atoms with E-state index in [0.29, 0.717) is 17.4 Å². The molecule has 1 aliphatic rings. The highest BCUT2D eigenvalue weighted by atomic mass is 15.2. The zero-order valence-corrected chi connectivity index (χ0v) is 24.7. The molecule has 7 nitrogen and oxygen atoms in total. The van der Waals surface area contributed by atoms with Gasteiger partial charge in [-0.05, 0) is 99.2 Å². The smallest absolute Gasteiger partial charge is 0.161 e. The molecule has 0 unspecified atom stereocenters. The summed E-state index contributed by atoms with van der Waals surface area (Å²) in [4.78, 5) is 17.6. The molecule has 5 heterocycles. The fourth-order valence-corrected chi connectivity index (χ4v) is 5.15. The van der Waals surface area contributed by atoms with Crippen molar-refractivity contribution in [2.75, 3.05) is 13.1 Å². The first-order chi connectivity index (χ1) is 20.1. The average molecular weight is 548 g/mol. The molecule has 1 aliphatic heterocycles. The van der Waals surface area contributed by atoms with Crippen molar-refractivity contribution in [1.29, 1.82) is 0 Å². The molecular weight excluding hydrogens is 506 g/mol. The molecule has 0 atom stereocenters. The second-order valence-electron chi connectivity index (χ2n) is 9.84. The molecule has 0 radical (unpaired) electrons. The van der Waals surface area contributed by atoms with Gasteiger partial charge in [0.25, 0.3) is 0 Å². The lowest BCUT2D eigenvalue weighted by Gasteiger charge is -2.23. The van der Waals surface area contributed by atoms with E-state index in [2.05, 4.69) is 50.8 Å². The number of hydrogen-bond donors (Lipinski definition) is 3. The van der Waals surface area contributed by atoms with E-state index >= 15 is 0 Å². The van der Waals surface area contributed by atoms with Crippen LogP contribution in [0, 0.1) is 12.8 Å². The standard InChI is InChI=1S/C32H35N7.C2H6/c1-5-8-26(25-13-17-34-18-14-25)29-21(4)35-32(37-29)31-30-28(38-39-31)10-9-27(36-30)24(7-3)20-22(6-2)19-23-11-15-33-16-12-23;1-2/h5-10,13-14,17-18,20,23,33H,1-2,11-12,15-16,19H2,3-4H3,(H,35,37)(H,38,39);1-2H3/b22-20+,24-7+,26-8-;. The first kappa shape index (κ1) is 29.6. The summed E-state index contributed by atoms with van der Waals surface area (Å²) in [6, 6.07) is 8.00. The van der Waals surface area contributed by atoms with Crippen molar-refractivity contribution in [3.63, 3.8) is 0 Å². The molecule has 0 amide bonds. The van der Waals surface area contributed by atoms with Crippen molar-refractivity contribution < 1.29 is 0 Å². The first-order valence-electron chi connectivity index (χ1n) is 14.5. The first-order valence-corrected chi connectivity index (χ1v) is 14.5. The number of H-pyrrole nitrogens is 2. The molecule has 1 fully saturated rings. The molecule has 3 N–H and O–H groups in total. The number of nitrogens with zero attached hydrogens (tertiary/aromatic N) is 4. The molecule has 0 bridgehead atoms. The van der Waals surface area contributed by atoms with Crippen LogP contribution in [0.1, 0.15) is 62.7 Å². The van der Waals surface area contributed by atoms with E-state index in [1.807, 2.05) is 64.1 Å². The number of allylic oxidation sites excluding steroid dienone is 7. The number of hydrogen-bond acceptors (Lipinski definition) is 5. The SMILES string of the molecule is C=C/C=C(/c1ccncc1)c1nc(-c2n[nH]c3ccc(C(/C=C(\C=C)CC4CCNCC4)=C/C)nc23)[nH]c1C.CC. The predicted molar refractivity (Wildman–Crippen MR) is 171 cm³/mol. The van der Waals surface area contributed by atoms with Crippen LogP contribution in [-0.2, 0) is 0 Å². The number of aromatic amines is 2. The van der Waals surface area contributed by atoms with Crippen molar-refractivity contribution >= 4 is 22.2 Å². The van der Waals surface area contributed by atoms with Gasteiger partial charge in [-0.3, -0.25) is 10.1 Å². The third-order valence-electron chi connectivity index (χ3n) is 7.24. The van der Waals surface area contributed by atoms with Crippen LogP contribution in [0.15, 0.2) is 85.8 Å². The van der Waals surface area contributed by atoms with Gasteiger partial charge in [-0.2, -0.15) is 5.10 Å². The maximum atomic E-state index is 5.05. The lowest BCUT2D eigenvalue weighted by molar-refractivity contribution is 0.374. The highest BCUT2D eigenvalue weighted by Crippen LogP contribution is 2.31. The quantitative estimate of drug-likeness (QED) is 0.188. The molecule has 0 aromatic carbocycles. The topological polar surface area (TPSA) is 95.2 Å². The molecular formula is C34H41N7. The summed E-state index contributed by atoms with van der Waals surface area (Å²) in [5.74, 6) is 1.35. The minimum atomic E-state index is 0.665. The van der Waals surface area contributed by atoms with Gasteiger partial charge in [0.1, 0.15) is 5.52 Å². The Morgan fingerprint density at radius 3 is 2.49 bits per heavy atom. The van der Waals surface area contributed by atoms with Crippen LogP contribution in [0.25, 0.3) is 33.7 Å². The van der Waals surface area contributed by atoms with Crippen LogP contribution in [-0.4, -0.2) is 43.2 Å². The third kappa shape index (κ3) is 6.87. The van der Waals surface area contributed by atoms with Crippen molar-refractivity contribution in [2.24, 2.45) is 5.92 Å². The van der Waals surface area contributed by atoms with Gasteiger partial charge in [0.15, 0.2) is 11.5 Å². The van der Waals surface area contributed by atoms with E-state index in [-0.39, 0.29) is 0 Å². The van der Waals surface area contributed by atoms with Gasteiger partial charge < -0.3 is 10.3 Å². The van der Waals surface area contributed by atoms with Crippen LogP contribution in [0.5, 0.6) is 0 Å². The van der Waals surface area contributed by atoms with Gasteiger partial charge in [0.2, 0.25) is 0 Å². The largest absolute Gasteiger partial charge is 0.340 e. The minimum Gasteiger partial charge on any atom is -0.340 e. The van der Waals surface area contributed by atoms with Crippen LogP contribution < -0.4 is 5.32 Å². The molecule has 4 aromatic heterocycles. The minimum absolute atomic E-state index is 0.665. The fourth-order valence-electron chi connectivity index (χ4n) is 5.15. The maximum absolute atomic E-state index is 5.05. The number of piperidine rings is 1. The van der Waals surface area contributed by atoms with Gasteiger partial charge in [0, 0.05) is 23.7 Å². The summed E-state index contributed by atoms with van der Waals surface area (Å²) in [6.07, 6.45) is 17.0. The summed E-state index contributed by atoms with van der Waals surface area (Å²) >= 11 is 0. The van der Waals surface area contributed by atoms with Gasteiger partial charge in [-0.25, -0.2) is 9.97 Å². The fraction of sp³-hybridized carbons (Fsp3) is 0.294. The van der Waals surface area contributed by atoms with E-state index in [1.54, 1.807) is 18.5 Å². The second-order valence-corrected chi connectivity index (χ2v) is 9.84. The normalized spacial score (nSPS) is 15.0. The zero-order chi connectivity index (χ0) is 29.2. The highest BCUT2D eigenvalue weighted by molar-refractivity contribution is 5.90. The Morgan fingerprint density at radius 1 is 1.05 bits per heavy atom. The van der Waals surface area contributed by atoms with Crippen molar-refractivity contribution in [1.82, 2.24) is 35.5 Å². The third-order valence-corrected chi connectivity index (χ3v) is 7.24. The second kappa shape index (κ2) is 14.3. The van der Waals surface area contributed by atoms with Crippen molar-refractivity contribution in [3.05, 3.63) is 108 Å². The Balaban J connectivity index is 0.00000189. The summed E-state index contributed by atoms with van der Waals surface area (Å²) < 4.78 is 0. The Morgan fingerprint density at radius 2 is 1.80 bits per heavy atom. The number of aromatic nitrogens is 6. The predicted octanol–water partition coefficient (Wildman–Crippen LogP) is 7.60. The lowest BCUT2D eigenvalue weighted by atomic mass is 9.90. The van der Waals surface area contributed by atoms with Gasteiger partial charge in [0.05, 0.1) is 16.9 Å². The van der Waals surface area contributed by atoms with E-state index in [0.717, 1.165) is 64.3 Å². The molecule has 5 rings (SSSR count). The van der Waals surface area contributed by atoms with Gasteiger partial charge in [-0.15, -0.1) is 0 Å². The van der Waals surface area contributed by atoms with Crippen LogP contribution in [0.2, 0.25) is 0 Å². The number of nitrogens with one attached hydrogen (secondary N) is 3. The molecule has 4 aromatic rings. The number of aryl methyl sites for hydroxylation is 1. The zero-order valence-electron chi connectivity index (χ0n) is 24.7. The monoisotopic (exact) mass is 547 g/mol. The van der Waals surface area contributed by atoms with Crippen molar-refractivity contribution in [2.45, 2.75) is 47.0 Å². The number of fused-ring (bicyclic) bond motifs is 1. The summed E-state index contributed by atoms with van der Waals surface area (Å²) in [5.41, 5.74) is 9.29. The molecule has 41 heavy (non-hydrogen) atoms. The van der Waals surface area contributed by atoms with Crippen LogP contribution in [0.4, 0.5) is 0 Å². The Kier molecular flexibility index (Phi) is 10.3. The Labute approximate surface area is 243 Å². The number of pyridine rings is 2.